The first kappa shape index (κ1) is 14.7. The van der Waals surface area contributed by atoms with Crippen molar-refractivity contribution in [2.75, 3.05) is 11.1 Å². The number of nitrogens with two attached hydrogens (primary N) is 1. The molecule has 5 heteroatoms. The second-order valence-corrected chi connectivity index (χ2v) is 4.49. The normalized spacial score (nSPS) is 13.4. The quantitative estimate of drug-likeness (QED) is 0.775. The van der Waals surface area contributed by atoms with Crippen LogP contribution >= 0.6 is 0 Å². The molecule has 1 aromatic rings. The van der Waals surface area contributed by atoms with Crippen LogP contribution in [-0.2, 0) is 6.18 Å². The predicted octanol–water partition coefficient (Wildman–Crippen LogP) is 4.28. The highest BCUT2D eigenvalue weighted by Gasteiger charge is 2.33. The Hall–Kier alpha value is -1.39. The summed E-state index contributed by atoms with van der Waals surface area (Å²) in [6, 6.07) is 4.08. The van der Waals surface area contributed by atoms with Gasteiger partial charge in [0, 0.05) is 17.4 Å². The van der Waals surface area contributed by atoms with Gasteiger partial charge in [0.2, 0.25) is 0 Å². The van der Waals surface area contributed by atoms with E-state index < -0.39 is 11.7 Å². The number of halogens is 3. The van der Waals surface area contributed by atoms with Crippen molar-refractivity contribution in [1.82, 2.24) is 0 Å². The Bertz CT molecular complexity index is 388. The van der Waals surface area contributed by atoms with Gasteiger partial charge < -0.3 is 11.1 Å². The Balaban J connectivity index is 2.79. The zero-order chi connectivity index (χ0) is 13.8. The summed E-state index contributed by atoms with van der Waals surface area (Å²) in [7, 11) is 0. The molecule has 0 aliphatic carbocycles. The van der Waals surface area contributed by atoms with E-state index >= 15 is 0 Å². The molecule has 0 heterocycles. The molecule has 1 atom stereocenters. The second kappa shape index (κ2) is 5.98. The van der Waals surface area contributed by atoms with Crippen LogP contribution in [0.2, 0.25) is 0 Å². The topological polar surface area (TPSA) is 38.0 Å². The Kier molecular flexibility index (Phi) is 4.87. The molecule has 0 aliphatic heterocycles. The van der Waals surface area contributed by atoms with Crippen LogP contribution in [0.1, 0.15) is 38.7 Å². The maximum Gasteiger partial charge on any atom is 0.418 e. The number of benzene rings is 1. The summed E-state index contributed by atoms with van der Waals surface area (Å²) in [5.74, 6) is 0. The molecule has 0 aliphatic rings. The molecule has 0 aromatic heterocycles. The predicted molar refractivity (Wildman–Crippen MR) is 68.5 cm³/mol. The first-order valence-corrected chi connectivity index (χ1v) is 6.08. The number of nitrogen functional groups attached to an aromatic ring is 1. The number of hydrogen-bond acceptors (Lipinski definition) is 2. The van der Waals surface area contributed by atoms with Gasteiger partial charge in [-0.25, -0.2) is 0 Å². The van der Waals surface area contributed by atoms with Crippen LogP contribution in [-0.4, -0.2) is 6.04 Å². The van der Waals surface area contributed by atoms with Gasteiger partial charge in [-0.05, 0) is 31.5 Å². The summed E-state index contributed by atoms with van der Waals surface area (Å²) >= 11 is 0. The molecule has 0 saturated heterocycles. The molecule has 0 amide bonds. The van der Waals surface area contributed by atoms with E-state index in [4.69, 9.17) is 5.73 Å². The van der Waals surface area contributed by atoms with Gasteiger partial charge in [-0.15, -0.1) is 0 Å². The van der Waals surface area contributed by atoms with E-state index in [-0.39, 0.29) is 11.7 Å². The molecule has 102 valence electrons. The standard InChI is InChI=1S/C13H19F3N2/c1-3-4-5-9(2)18-10-6-7-12(17)11(8-10)13(14,15)16/h6-9,18H,3-5,17H2,1-2H3/t9-/m0/s1. The van der Waals surface area contributed by atoms with Crippen molar-refractivity contribution in [1.29, 1.82) is 0 Å². The van der Waals surface area contributed by atoms with Gasteiger partial charge in [-0.3, -0.25) is 0 Å². The maximum atomic E-state index is 12.7. The van der Waals surface area contributed by atoms with Crippen molar-refractivity contribution in [2.45, 2.75) is 45.3 Å². The molecular weight excluding hydrogens is 241 g/mol. The van der Waals surface area contributed by atoms with Crippen molar-refractivity contribution in [2.24, 2.45) is 0 Å². The third-order valence-electron chi connectivity index (χ3n) is 2.76. The van der Waals surface area contributed by atoms with Gasteiger partial charge in [-0.2, -0.15) is 13.2 Å². The molecule has 1 aromatic carbocycles. The first-order chi connectivity index (χ1) is 8.34. The summed E-state index contributed by atoms with van der Waals surface area (Å²) in [5, 5.41) is 3.06. The van der Waals surface area contributed by atoms with Gasteiger partial charge in [0.1, 0.15) is 0 Å². The minimum atomic E-state index is -4.41. The van der Waals surface area contributed by atoms with E-state index in [9.17, 15) is 13.2 Å². The van der Waals surface area contributed by atoms with Crippen molar-refractivity contribution < 1.29 is 13.2 Å². The van der Waals surface area contributed by atoms with Crippen LogP contribution in [0, 0.1) is 0 Å². The average Bonchev–Trinajstić information content (AvgIpc) is 2.27. The zero-order valence-corrected chi connectivity index (χ0v) is 10.6. The summed E-state index contributed by atoms with van der Waals surface area (Å²) in [6.07, 6.45) is -1.35. The van der Waals surface area contributed by atoms with Crippen molar-refractivity contribution >= 4 is 11.4 Å². The first-order valence-electron chi connectivity index (χ1n) is 6.08. The average molecular weight is 260 g/mol. The second-order valence-electron chi connectivity index (χ2n) is 4.49. The molecule has 0 bridgehead atoms. The van der Waals surface area contributed by atoms with E-state index in [0.717, 1.165) is 25.3 Å². The highest BCUT2D eigenvalue weighted by molar-refractivity contribution is 5.58. The fourth-order valence-electron chi connectivity index (χ4n) is 1.76. The molecule has 2 nitrogen and oxygen atoms in total. The minimum absolute atomic E-state index is 0.148. The number of unbranched alkanes of at least 4 members (excludes halogenated alkanes) is 1. The van der Waals surface area contributed by atoms with Crippen LogP contribution in [0.25, 0.3) is 0 Å². The number of alkyl halides is 3. The summed E-state index contributed by atoms with van der Waals surface area (Å²) in [5.41, 5.74) is 4.77. The van der Waals surface area contributed by atoms with E-state index in [0.29, 0.717) is 5.69 Å². The Labute approximate surface area is 105 Å². The number of hydrogen-bond donors (Lipinski definition) is 2. The molecule has 0 radical (unpaired) electrons. The third-order valence-corrected chi connectivity index (χ3v) is 2.76. The maximum absolute atomic E-state index is 12.7. The molecule has 0 saturated carbocycles. The summed E-state index contributed by atoms with van der Waals surface area (Å²) < 4.78 is 38.0. The molecule has 0 unspecified atom stereocenters. The van der Waals surface area contributed by atoms with Crippen molar-refractivity contribution in [3.05, 3.63) is 23.8 Å². The fourth-order valence-corrected chi connectivity index (χ4v) is 1.76. The zero-order valence-electron chi connectivity index (χ0n) is 10.6. The minimum Gasteiger partial charge on any atom is -0.398 e. The van der Waals surface area contributed by atoms with Crippen LogP contribution < -0.4 is 11.1 Å². The lowest BCUT2D eigenvalue weighted by Crippen LogP contribution is -2.16. The lowest BCUT2D eigenvalue weighted by atomic mass is 10.1. The molecule has 3 N–H and O–H groups in total. The molecule has 1 rings (SSSR count). The molecular formula is C13H19F3N2. The van der Waals surface area contributed by atoms with Crippen LogP contribution in [0.15, 0.2) is 18.2 Å². The van der Waals surface area contributed by atoms with E-state index in [1.54, 1.807) is 6.07 Å². The number of nitrogens with one attached hydrogen (secondary N) is 1. The SMILES string of the molecule is CCCC[C@H](C)Nc1ccc(N)c(C(F)(F)F)c1. The van der Waals surface area contributed by atoms with Gasteiger partial charge in [0.25, 0.3) is 0 Å². The van der Waals surface area contributed by atoms with Crippen molar-refractivity contribution in [3.8, 4) is 0 Å². The Morgan fingerprint density at radius 1 is 1.33 bits per heavy atom. The van der Waals surface area contributed by atoms with Gasteiger partial charge >= 0.3 is 6.18 Å². The van der Waals surface area contributed by atoms with Gasteiger partial charge in [-0.1, -0.05) is 19.8 Å². The Morgan fingerprint density at radius 2 is 2.00 bits per heavy atom. The monoisotopic (exact) mass is 260 g/mol. The summed E-state index contributed by atoms with van der Waals surface area (Å²) in [4.78, 5) is 0. The number of anilines is 2. The van der Waals surface area contributed by atoms with Gasteiger partial charge in [0.05, 0.1) is 5.56 Å². The lowest BCUT2D eigenvalue weighted by Gasteiger charge is -2.17. The van der Waals surface area contributed by atoms with Crippen LogP contribution in [0.3, 0.4) is 0 Å². The fraction of sp³-hybridized carbons (Fsp3) is 0.538. The molecule has 0 spiro atoms. The van der Waals surface area contributed by atoms with Crippen LogP contribution in [0.4, 0.5) is 24.5 Å². The molecule has 18 heavy (non-hydrogen) atoms. The van der Waals surface area contributed by atoms with Crippen LogP contribution in [0.5, 0.6) is 0 Å². The highest BCUT2D eigenvalue weighted by Crippen LogP contribution is 2.35. The largest absolute Gasteiger partial charge is 0.418 e. The van der Waals surface area contributed by atoms with E-state index in [1.165, 1.54) is 6.07 Å². The smallest absolute Gasteiger partial charge is 0.398 e. The lowest BCUT2D eigenvalue weighted by molar-refractivity contribution is -0.136. The van der Waals surface area contributed by atoms with Crippen molar-refractivity contribution in [3.63, 3.8) is 0 Å². The van der Waals surface area contributed by atoms with Gasteiger partial charge in [0.15, 0.2) is 0 Å². The number of rotatable bonds is 5. The molecule has 0 fully saturated rings. The summed E-state index contributed by atoms with van der Waals surface area (Å²) in [6.45, 7) is 4.04. The van der Waals surface area contributed by atoms with E-state index in [2.05, 4.69) is 12.2 Å². The highest BCUT2D eigenvalue weighted by atomic mass is 19.4. The third kappa shape index (κ3) is 4.13. The van der Waals surface area contributed by atoms with E-state index in [1.807, 2.05) is 6.92 Å². The Morgan fingerprint density at radius 3 is 2.56 bits per heavy atom.